The number of hydrogen-bond donors (Lipinski definition) is 1. The minimum atomic E-state index is 0.200. The van der Waals surface area contributed by atoms with Crippen molar-refractivity contribution in [3.05, 3.63) is 0 Å². The minimum Gasteiger partial charge on any atom is -0.341 e. The van der Waals surface area contributed by atoms with Crippen LogP contribution in [0.1, 0.15) is 32.1 Å². The summed E-state index contributed by atoms with van der Waals surface area (Å²) in [7, 11) is 4.20. The highest BCUT2D eigenvalue weighted by molar-refractivity contribution is 5.79. The van der Waals surface area contributed by atoms with Gasteiger partial charge < -0.3 is 15.5 Å². The predicted octanol–water partition coefficient (Wildman–Crippen LogP) is 0.666. The highest BCUT2D eigenvalue weighted by Gasteiger charge is 2.33. The minimum absolute atomic E-state index is 0.200. The molecule has 98 valence electrons. The lowest BCUT2D eigenvalue weighted by Crippen LogP contribution is -2.49. The van der Waals surface area contributed by atoms with Gasteiger partial charge in [0.05, 0.1) is 0 Å². The SMILES string of the molecule is CN(C)C1CCCN(C(=O)C2CCC(N)C2)C1. The Morgan fingerprint density at radius 2 is 2.06 bits per heavy atom. The molecular weight excluding hydrogens is 214 g/mol. The Morgan fingerprint density at radius 1 is 1.29 bits per heavy atom. The molecule has 17 heavy (non-hydrogen) atoms. The molecule has 0 aromatic rings. The van der Waals surface area contributed by atoms with Crippen molar-refractivity contribution in [3.63, 3.8) is 0 Å². The van der Waals surface area contributed by atoms with Gasteiger partial charge in [0.1, 0.15) is 0 Å². The van der Waals surface area contributed by atoms with E-state index >= 15 is 0 Å². The molecule has 0 aromatic carbocycles. The van der Waals surface area contributed by atoms with E-state index in [0.717, 1.165) is 38.8 Å². The maximum Gasteiger partial charge on any atom is 0.225 e. The Balaban J connectivity index is 1.90. The molecule has 0 bridgehead atoms. The van der Waals surface area contributed by atoms with Crippen LogP contribution in [0.15, 0.2) is 0 Å². The Hall–Kier alpha value is -0.610. The first kappa shape index (κ1) is 12.8. The number of nitrogens with two attached hydrogens (primary N) is 1. The maximum absolute atomic E-state index is 12.4. The number of rotatable bonds is 2. The fourth-order valence-corrected chi connectivity index (χ4v) is 3.08. The summed E-state index contributed by atoms with van der Waals surface area (Å²) in [6.07, 6.45) is 5.24. The third-order valence-electron chi connectivity index (χ3n) is 4.26. The zero-order chi connectivity index (χ0) is 12.4. The van der Waals surface area contributed by atoms with Gasteiger partial charge in [-0.2, -0.15) is 0 Å². The van der Waals surface area contributed by atoms with Crippen LogP contribution in [0.4, 0.5) is 0 Å². The van der Waals surface area contributed by atoms with E-state index in [1.165, 1.54) is 6.42 Å². The van der Waals surface area contributed by atoms with Gasteiger partial charge in [0, 0.05) is 31.1 Å². The number of piperidine rings is 1. The summed E-state index contributed by atoms with van der Waals surface area (Å²) < 4.78 is 0. The predicted molar refractivity (Wildman–Crippen MR) is 68.6 cm³/mol. The highest BCUT2D eigenvalue weighted by Crippen LogP contribution is 2.27. The molecule has 2 N–H and O–H groups in total. The summed E-state index contributed by atoms with van der Waals surface area (Å²) in [6.45, 7) is 1.84. The van der Waals surface area contributed by atoms with Gasteiger partial charge >= 0.3 is 0 Å². The van der Waals surface area contributed by atoms with Crippen LogP contribution in [-0.4, -0.2) is 55.0 Å². The van der Waals surface area contributed by atoms with E-state index in [2.05, 4.69) is 23.9 Å². The van der Waals surface area contributed by atoms with Crippen LogP contribution in [0.3, 0.4) is 0 Å². The molecule has 4 heteroatoms. The molecule has 4 nitrogen and oxygen atoms in total. The molecule has 1 saturated carbocycles. The summed E-state index contributed by atoms with van der Waals surface area (Å²) in [6, 6.07) is 0.779. The van der Waals surface area contributed by atoms with Crippen molar-refractivity contribution in [2.75, 3.05) is 27.2 Å². The number of amides is 1. The second kappa shape index (κ2) is 5.36. The van der Waals surface area contributed by atoms with Crippen LogP contribution in [0, 0.1) is 5.92 Å². The quantitative estimate of drug-likeness (QED) is 0.770. The average molecular weight is 239 g/mol. The molecule has 1 aliphatic carbocycles. The number of likely N-dealkylation sites (N-methyl/N-ethyl adjacent to an activating group) is 1. The van der Waals surface area contributed by atoms with Gasteiger partial charge in [-0.3, -0.25) is 4.79 Å². The molecule has 2 rings (SSSR count). The largest absolute Gasteiger partial charge is 0.341 e. The number of likely N-dealkylation sites (tertiary alicyclic amines) is 1. The van der Waals surface area contributed by atoms with E-state index in [9.17, 15) is 4.79 Å². The Kier molecular flexibility index (Phi) is 4.05. The van der Waals surface area contributed by atoms with Crippen LogP contribution < -0.4 is 5.73 Å². The van der Waals surface area contributed by atoms with Gasteiger partial charge in [0.25, 0.3) is 0 Å². The van der Waals surface area contributed by atoms with Gasteiger partial charge in [-0.1, -0.05) is 0 Å². The van der Waals surface area contributed by atoms with Crippen molar-refractivity contribution < 1.29 is 4.79 Å². The first-order valence-electron chi connectivity index (χ1n) is 6.78. The second-order valence-electron chi connectivity index (χ2n) is 5.81. The number of nitrogens with zero attached hydrogens (tertiary/aromatic N) is 2. The second-order valence-corrected chi connectivity index (χ2v) is 5.81. The first-order chi connectivity index (χ1) is 8.08. The fraction of sp³-hybridized carbons (Fsp3) is 0.923. The highest BCUT2D eigenvalue weighted by atomic mass is 16.2. The van der Waals surface area contributed by atoms with Crippen molar-refractivity contribution in [1.29, 1.82) is 0 Å². The molecule has 3 unspecified atom stereocenters. The van der Waals surface area contributed by atoms with Crippen molar-refractivity contribution in [2.45, 2.75) is 44.2 Å². The van der Waals surface area contributed by atoms with Gasteiger partial charge in [0.15, 0.2) is 0 Å². The standard InChI is InChI=1S/C13H25N3O/c1-15(2)12-4-3-7-16(9-12)13(17)10-5-6-11(14)8-10/h10-12H,3-9,14H2,1-2H3. The van der Waals surface area contributed by atoms with E-state index in [4.69, 9.17) is 5.73 Å². The van der Waals surface area contributed by atoms with Crippen LogP contribution in [0.2, 0.25) is 0 Å². The third kappa shape index (κ3) is 2.99. The van der Waals surface area contributed by atoms with Crippen LogP contribution in [-0.2, 0) is 4.79 Å². The summed E-state index contributed by atoms with van der Waals surface area (Å²) in [5.41, 5.74) is 5.89. The number of carbonyl (C=O) groups is 1. The third-order valence-corrected chi connectivity index (χ3v) is 4.26. The van der Waals surface area contributed by atoms with Crippen molar-refractivity contribution >= 4 is 5.91 Å². The zero-order valence-electron chi connectivity index (χ0n) is 11.1. The molecule has 0 aromatic heterocycles. The topological polar surface area (TPSA) is 49.6 Å². The molecule has 2 fully saturated rings. The Labute approximate surface area is 104 Å². The van der Waals surface area contributed by atoms with Gasteiger partial charge in [-0.05, 0) is 46.2 Å². The maximum atomic E-state index is 12.4. The lowest BCUT2D eigenvalue weighted by molar-refractivity contribution is -0.137. The van der Waals surface area contributed by atoms with E-state index in [0.29, 0.717) is 11.9 Å². The van der Waals surface area contributed by atoms with Crippen molar-refractivity contribution in [1.82, 2.24) is 9.80 Å². The molecule has 3 atom stereocenters. The van der Waals surface area contributed by atoms with E-state index in [1.807, 2.05) is 0 Å². The zero-order valence-corrected chi connectivity index (χ0v) is 11.1. The van der Waals surface area contributed by atoms with E-state index < -0.39 is 0 Å². The summed E-state index contributed by atoms with van der Waals surface area (Å²) >= 11 is 0. The normalized spacial score (nSPS) is 34.4. The van der Waals surface area contributed by atoms with Crippen LogP contribution in [0.25, 0.3) is 0 Å². The lowest BCUT2D eigenvalue weighted by atomic mass is 10.0. The molecule has 1 saturated heterocycles. The summed E-state index contributed by atoms with van der Waals surface area (Å²) in [4.78, 5) is 16.7. The molecule has 0 radical (unpaired) electrons. The van der Waals surface area contributed by atoms with Crippen LogP contribution >= 0.6 is 0 Å². The van der Waals surface area contributed by atoms with Crippen molar-refractivity contribution in [3.8, 4) is 0 Å². The molecular formula is C13H25N3O. The van der Waals surface area contributed by atoms with Gasteiger partial charge in [-0.25, -0.2) is 0 Å². The van der Waals surface area contributed by atoms with E-state index in [-0.39, 0.29) is 12.0 Å². The number of hydrogen-bond acceptors (Lipinski definition) is 3. The first-order valence-corrected chi connectivity index (χ1v) is 6.78. The summed E-state index contributed by atoms with van der Waals surface area (Å²) in [5, 5.41) is 0. The molecule has 1 amide bonds. The van der Waals surface area contributed by atoms with Gasteiger partial charge in [0.2, 0.25) is 5.91 Å². The Bertz CT molecular complexity index is 280. The fourth-order valence-electron chi connectivity index (χ4n) is 3.08. The monoisotopic (exact) mass is 239 g/mol. The number of carbonyl (C=O) groups excluding carboxylic acids is 1. The average Bonchev–Trinajstić information content (AvgIpc) is 2.75. The molecule has 0 spiro atoms. The molecule has 1 heterocycles. The lowest BCUT2D eigenvalue weighted by Gasteiger charge is -2.37. The van der Waals surface area contributed by atoms with Crippen LogP contribution in [0.5, 0.6) is 0 Å². The van der Waals surface area contributed by atoms with E-state index in [1.54, 1.807) is 0 Å². The molecule has 1 aliphatic heterocycles. The smallest absolute Gasteiger partial charge is 0.225 e. The van der Waals surface area contributed by atoms with Gasteiger partial charge in [-0.15, -0.1) is 0 Å². The van der Waals surface area contributed by atoms with Crippen molar-refractivity contribution in [2.24, 2.45) is 11.7 Å². The molecule has 2 aliphatic rings. The Morgan fingerprint density at radius 3 is 2.65 bits per heavy atom. The summed E-state index contributed by atoms with van der Waals surface area (Å²) in [5.74, 6) is 0.551.